The molecule has 0 saturated carbocycles. The average Bonchev–Trinajstić information content (AvgIpc) is 2.59. The van der Waals surface area contributed by atoms with Crippen molar-refractivity contribution >= 4 is 35.8 Å². The molecule has 2 rings (SSSR count). The van der Waals surface area contributed by atoms with Crippen LogP contribution in [0, 0.1) is 0 Å². The zero-order valence-electron chi connectivity index (χ0n) is 7.37. The highest BCUT2D eigenvalue weighted by molar-refractivity contribution is 9.06. The van der Waals surface area contributed by atoms with E-state index in [0.717, 1.165) is 6.21 Å². The predicted octanol–water partition coefficient (Wildman–Crippen LogP) is 2.06. The van der Waals surface area contributed by atoms with Crippen LogP contribution in [-0.4, -0.2) is 16.2 Å². The van der Waals surface area contributed by atoms with Gasteiger partial charge in [-0.05, 0) is 6.07 Å². The molecule has 80 valence electrons. The van der Waals surface area contributed by atoms with Gasteiger partial charge in [-0.2, -0.15) is 0 Å². The number of aliphatic imine (C=N–C) groups is 1. The quantitative estimate of drug-likeness (QED) is 0.818. The minimum atomic E-state index is -4.24. The van der Waals surface area contributed by atoms with Crippen molar-refractivity contribution in [1.82, 2.24) is 0 Å². The van der Waals surface area contributed by atoms with Gasteiger partial charge in [0.15, 0.2) is 0 Å². The summed E-state index contributed by atoms with van der Waals surface area (Å²) in [5, 5.41) is 7.98. The number of hydrogen-bond acceptors (Lipinski definition) is 4. The number of para-hydroxylation sites is 1. The van der Waals surface area contributed by atoms with Crippen LogP contribution in [0.3, 0.4) is 0 Å². The van der Waals surface area contributed by atoms with Gasteiger partial charge in [-0.1, -0.05) is 18.2 Å². The van der Waals surface area contributed by atoms with E-state index in [1.165, 1.54) is 6.07 Å². The van der Waals surface area contributed by atoms with Crippen molar-refractivity contribution in [2.24, 2.45) is 4.99 Å². The third-order valence-electron chi connectivity index (χ3n) is 2.21. The van der Waals surface area contributed by atoms with Gasteiger partial charge < -0.3 is 10.00 Å². The monoisotopic (exact) mass is 291 g/mol. The van der Waals surface area contributed by atoms with Gasteiger partial charge in [0.05, 0.1) is 11.9 Å². The molecule has 0 fully saturated rings. The number of rotatable bonds is 2. The first-order valence-corrected chi connectivity index (χ1v) is 6.24. The van der Waals surface area contributed by atoms with Crippen molar-refractivity contribution in [3.8, 4) is 0 Å². The third-order valence-corrected chi connectivity index (χ3v) is 4.79. The van der Waals surface area contributed by atoms with Crippen LogP contribution in [-0.2, 0) is 13.5 Å². The molecular weight excluding hydrogens is 285 g/mol. The Balaban J connectivity index is 2.60. The fraction of sp³-hybridized carbons (Fsp3) is 0.125. The van der Waals surface area contributed by atoms with Gasteiger partial charge in [0, 0.05) is 5.56 Å². The van der Waals surface area contributed by atoms with Gasteiger partial charge in [-0.3, -0.25) is 9.56 Å². The number of fused-ring (bicyclic) bond motifs is 1. The van der Waals surface area contributed by atoms with E-state index in [2.05, 4.69) is 24.9 Å². The van der Waals surface area contributed by atoms with Crippen LogP contribution in [0.2, 0.25) is 0 Å². The van der Waals surface area contributed by atoms with E-state index in [0.29, 0.717) is 5.69 Å². The number of halogens is 1. The lowest BCUT2D eigenvalue weighted by molar-refractivity contribution is 0.169. The lowest BCUT2D eigenvalue weighted by Crippen LogP contribution is -2.24. The van der Waals surface area contributed by atoms with E-state index in [-0.39, 0.29) is 5.56 Å². The maximum Gasteiger partial charge on any atom is 0.380 e. The summed E-state index contributed by atoms with van der Waals surface area (Å²) in [7, 11) is -4.24. The molecule has 0 radical (unpaired) electrons. The molecule has 0 aliphatic carbocycles. The molecule has 1 aromatic carbocycles. The summed E-state index contributed by atoms with van der Waals surface area (Å²) < 4.78 is 15.9. The molecule has 0 saturated heterocycles. The first-order chi connectivity index (χ1) is 7.01. The molecule has 2 atom stereocenters. The number of nitrogens with zero attached hydrogens (tertiary/aromatic N) is 1. The van der Waals surface area contributed by atoms with Crippen LogP contribution in [0.15, 0.2) is 29.3 Å². The average molecular weight is 292 g/mol. The fourth-order valence-corrected chi connectivity index (χ4v) is 2.87. The minimum Gasteiger partial charge on any atom is -0.369 e. The summed E-state index contributed by atoms with van der Waals surface area (Å²) >= 11 is 2.43. The maximum absolute atomic E-state index is 11.6. The molecule has 1 heterocycles. The highest BCUT2D eigenvalue weighted by Gasteiger charge is 2.51. The van der Waals surface area contributed by atoms with E-state index in [1.807, 2.05) is 0 Å². The number of benzene rings is 1. The van der Waals surface area contributed by atoms with E-state index >= 15 is 0 Å². The standard InChI is InChI=1S/C8H7BrNO4P/c9-14-15(12,13)8(11)5-10-7-4-2-1-3-6(7)8/h1-5,11H,(H,12,13). The van der Waals surface area contributed by atoms with Gasteiger partial charge >= 0.3 is 7.60 Å². The SMILES string of the molecule is O=P(O)(OBr)C1(O)C=Nc2ccccc21. The predicted molar refractivity (Wildman–Crippen MR) is 58.3 cm³/mol. The molecule has 2 unspecified atom stereocenters. The van der Waals surface area contributed by atoms with Crippen LogP contribution in [0.4, 0.5) is 5.69 Å². The topological polar surface area (TPSA) is 79.1 Å². The Bertz CT molecular complexity index is 477. The molecule has 1 aliphatic heterocycles. The fourth-order valence-electron chi connectivity index (χ4n) is 1.40. The van der Waals surface area contributed by atoms with Gasteiger partial charge in [-0.25, -0.2) is 3.62 Å². The van der Waals surface area contributed by atoms with Crippen molar-refractivity contribution in [2.45, 2.75) is 5.34 Å². The normalized spacial score (nSPS) is 27.4. The molecule has 7 heteroatoms. The van der Waals surface area contributed by atoms with Gasteiger partial charge in [0.2, 0.25) is 5.34 Å². The third kappa shape index (κ3) is 1.49. The van der Waals surface area contributed by atoms with E-state index in [9.17, 15) is 14.6 Å². The van der Waals surface area contributed by atoms with E-state index in [1.54, 1.807) is 18.2 Å². The van der Waals surface area contributed by atoms with E-state index in [4.69, 9.17) is 0 Å². The first-order valence-electron chi connectivity index (χ1n) is 4.01. The first kappa shape index (κ1) is 11.0. The Morgan fingerprint density at radius 2 is 2.13 bits per heavy atom. The lowest BCUT2D eigenvalue weighted by atomic mass is 10.1. The Morgan fingerprint density at radius 1 is 1.47 bits per heavy atom. The zero-order chi connectivity index (χ0) is 11.1. The van der Waals surface area contributed by atoms with Crippen molar-refractivity contribution in [3.63, 3.8) is 0 Å². The molecule has 1 aliphatic rings. The van der Waals surface area contributed by atoms with Crippen LogP contribution in [0.25, 0.3) is 0 Å². The molecule has 2 N–H and O–H groups in total. The largest absolute Gasteiger partial charge is 0.380 e. The van der Waals surface area contributed by atoms with Crippen LogP contribution < -0.4 is 0 Å². The highest BCUT2D eigenvalue weighted by atomic mass is 79.9. The summed E-state index contributed by atoms with van der Waals surface area (Å²) in [5.74, 6) is 0. The summed E-state index contributed by atoms with van der Waals surface area (Å²) in [5.41, 5.74) is 0.717. The van der Waals surface area contributed by atoms with Crippen LogP contribution in [0.5, 0.6) is 0 Å². The molecule has 0 bridgehead atoms. The zero-order valence-corrected chi connectivity index (χ0v) is 9.85. The summed E-state index contributed by atoms with van der Waals surface area (Å²) in [6, 6.07) is 6.53. The van der Waals surface area contributed by atoms with Gasteiger partial charge in [0.25, 0.3) is 0 Å². The second kappa shape index (κ2) is 3.50. The van der Waals surface area contributed by atoms with Crippen LogP contribution in [0.1, 0.15) is 5.56 Å². The van der Waals surface area contributed by atoms with Crippen molar-refractivity contribution in [2.75, 3.05) is 0 Å². The second-order valence-electron chi connectivity index (χ2n) is 3.09. The number of hydrogen-bond donors (Lipinski definition) is 2. The Morgan fingerprint density at radius 3 is 2.80 bits per heavy atom. The molecule has 15 heavy (non-hydrogen) atoms. The number of aliphatic hydroxyl groups is 1. The van der Waals surface area contributed by atoms with Crippen molar-refractivity contribution < 1.29 is 18.2 Å². The molecule has 0 aromatic heterocycles. The molecule has 1 aromatic rings. The van der Waals surface area contributed by atoms with Gasteiger partial charge in [-0.15, -0.1) is 0 Å². The summed E-state index contributed by atoms with van der Waals surface area (Å²) in [6.45, 7) is 0. The Labute approximate surface area is 94.4 Å². The Hall–Kier alpha value is -0.520. The summed E-state index contributed by atoms with van der Waals surface area (Å²) in [4.78, 5) is 13.3. The highest BCUT2D eigenvalue weighted by Crippen LogP contribution is 2.62. The molecular formula is C8H7BrNO4P. The van der Waals surface area contributed by atoms with Crippen molar-refractivity contribution in [1.29, 1.82) is 0 Å². The minimum absolute atomic E-state index is 0.260. The van der Waals surface area contributed by atoms with Gasteiger partial charge in [0.1, 0.15) is 16.3 Å². The summed E-state index contributed by atoms with van der Waals surface area (Å²) in [6.07, 6.45) is 1.01. The van der Waals surface area contributed by atoms with Crippen molar-refractivity contribution in [3.05, 3.63) is 29.8 Å². The van der Waals surface area contributed by atoms with E-state index < -0.39 is 12.9 Å². The van der Waals surface area contributed by atoms with Crippen LogP contribution >= 0.6 is 23.9 Å². The Kier molecular flexibility index (Phi) is 2.56. The second-order valence-corrected chi connectivity index (χ2v) is 5.82. The molecule has 5 nitrogen and oxygen atoms in total. The smallest absolute Gasteiger partial charge is 0.369 e. The molecule has 0 spiro atoms. The lowest BCUT2D eigenvalue weighted by Gasteiger charge is -2.23. The molecule has 0 amide bonds. The maximum atomic E-state index is 11.6.